The highest BCUT2D eigenvalue weighted by atomic mass is 35.5. The van der Waals surface area contributed by atoms with E-state index in [1.807, 2.05) is 32.2 Å². The normalized spacial score (nSPS) is 18.2. The highest BCUT2D eigenvalue weighted by Gasteiger charge is 2.52. The molecule has 4 aromatic rings. The van der Waals surface area contributed by atoms with Crippen LogP contribution in [-0.4, -0.2) is 69.5 Å². The number of ether oxygens (including phenoxy) is 1. The molecule has 1 aliphatic heterocycles. The summed E-state index contributed by atoms with van der Waals surface area (Å²) in [6.45, 7) is 10.7. The Labute approximate surface area is 321 Å². The second-order valence-corrected chi connectivity index (χ2v) is 13.2. The molecule has 1 saturated heterocycles. The van der Waals surface area contributed by atoms with Gasteiger partial charge in [-0.05, 0) is 29.9 Å². The Morgan fingerprint density at radius 3 is 2.30 bits per heavy atom. The van der Waals surface area contributed by atoms with Gasteiger partial charge in [0.15, 0.2) is 5.90 Å². The van der Waals surface area contributed by atoms with Crippen LogP contribution in [0.4, 0.5) is 20.3 Å². The molecule has 16 heteroatoms. The number of benzene rings is 2. The van der Waals surface area contributed by atoms with E-state index < -0.39 is 23.4 Å². The number of rotatable bonds is 9. The molecule has 0 bridgehead atoms. The fourth-order valence-electron chi connectivity index (χ4n) is 6.43. The molecule has 0 spiro atoms. The number of piperidine rings is 1. The first-order valence-corrected chi connectivity index (χ1v) is 17.9. The molecule has 54 heavy (non-hydrogen) atoms. The molecule has 0 amide bonds. The summed E-state index contributed by atoms with van der Waals surface area (Å²) in [7, 11) is 4.23. The van der Waals surface area contributed by atoms with Crippen molar-refractivity contribution in [2.75, 3.05) is 32.1 Å². The number of hydrogen-bond acceptors (Lipinski definition) is 9. The second-order valence-electron chi connectivity index (χ2n) is 12.4. The van der Waals surface area contributed by atoms with Crippen LogP contribution in [0.5, 0.6) is 0 Å². The molecule has 2 aromatic heterocycles. The number of aliphatic imine (C=N–C) groups is 2. The molecule has 1 aliphatic carbocycles. The zero-order valence-electron chi connectivity index (χ0n) is 31.0. The van der Waals surface area contributed by atoms with E-state index in [2.05, 4.69) is 32.1 Å². The monoisotopic (exact) mass is 785 g/mol. The van der Waals surface area contributed by atoms with Crippen molar-refractivity contribution in [1.29, 1.82) is 0 Å². The average Bonchev–Trinajstić information content (AvgIpc) is 3.53. The van der Waals surface area contributed by atoms with E-state index in [0.717, 1.165) is 52.6 Å². The minimum atomic E-state index is -2.96. The summed E-state index contributed by atoms with van der Waals surface area (Å²) >= 11 is 14.0. The highest BCUT2D eigenvalue weighted by Crippen LogP contribution is 2.51. The molecule has 2 aliphatic rings. The predicted molar refractivity (Wildman–Crippen MR) is 212 cm³/mol. The first kappa shape index (κ1) is 41.8. The van der Waals surface area contributed by atoms with E-state index >= 15 is 0 Å². The third kappa shape index (κ3) is 8.88. The molecule has 288 valence electrons. The number of nitrogens with zero attached hydrogens (tertiary/aromatic N) is 6. The number of pyridine rings is 1. The zero-order chi connectivity index (χ0) is 39.9. The maximum atomic E-state index is 13.9. The number of likely N-dealkylation sites (tertiary alicyclic amines) is 1. The minimum Gasteiger partial charge on any atom is -0.484 e. The van der Waals surface area contributed by atoms with Crippen molar-refractivity contribution in [3.63, 3.8) is 0 Å². The summed E-state index contributed by atoms with van der Waals surface area (Å²) in [5.74, 6) is 2.67. The first-order valence-electron chi connectivity index (χ1n) is 17.2. The Kier molecular flexibility index (Phi) is 14.3. The molecule has 2 fully saturated rings. The van der Waals surface area contributed by atoms with Crippen LogP contribution in [0.1, 0.15) is 45.4 Å². The maximum absolute atomic E-state index is 13.9. The van der Waals surface area contributed by atoms with Gasteiger partial charge >= 0.3 is 5.69 Å². The molecule has 12 nitrogen and oxygen atoms in total. The third-order valence-electron chi connectivity index (χ3n) is 9.43. The number of carboxylic acid groups (broad SMARTS) is 1. The Hall–Kier alpha value is -4.92. The van der Waals surface area contributed by atoms with Gasteiger partial charge in [0.2, 0.25) is 0 Å². The third-order valence-corrected chi connectivity index (χ3v) is 10.2. The van der Waals surface area contributed by atoms with Gasteiger partial charge in [-0.25, -0.2) is 23.6 Å². The lowest BCUT2D eigenvalue weighted by atomic mass is 10.0. The number of halogens is 4. The van der Waals surface area contributed by atoms with Crippen LogP contribution in [0.2, 0.25) is 10.0 Å². The topological polar surface area (TPSA) is 143 Å². The van der Waals surface area contributed by atoms with Gasteiger partial charge in [-0.1, -0.05) is 74.3 Å². The highest BCUT2D eigenvalue weighted by molar-refractivity contribution is 6.39. The predicted octanol–water partition coefficient (Wildman–Crippen LogP) is 7.65. The summed E-state index contributed by atoms with van der Waals surface area (Å²) in [6.07, 6.45) is 0.550. The molecular weight excluding hydrogens is 743 g/mol. The molecule has 2 aromatic carbocycles. The lowest BCUT2D eigenvalue weighted by Gasteiger charge is -2.17. The van der Waals surface area contributed by atoms with Gasteiger partial charge in [0.1, 0.15) is 16.9 Å². The van der Waals surface area contributed by atoms with Crippen molar-refractivity contribution in [3.05, 3.63) is 90.8 Å². The van der Waals surface area contributed by atoms with Crippen molar-refractivity contribution >= 4 is 69.9 Å². The van der Waals surface area contributed by atoms with Crippen molar-refractivity contribution in [1.82, 2.24) is 19.0 Å². The lowest BCUT2D eigenvalue weighted by Crippen LogP contribution is -2.37. The quantitative estimate of drug-likeness (QED) is 0.100. The number of alkyl halides is 2. The van der Waals surface area contributed by atoms with Gasteiger partial charge in [0.25, 0.3) is 18.5 Å². The summed E-state index contributed by atoms with van der Waals surface area (Å²) < 4.78 is 35.1. The van der Waals surface area contributed by atoms with E-state index in [1.165, 1.54) is 21.2 Å². The molecule has 2 unspecified atom stereocenters. The summed E-state index contributed by atoms with van der Waals surface area (Å²) in [6, 6.07) is 11.5. The van der Waals surface area contributed by atoms with Crippen LogP contribution in [0, 0.1) is 17.8 Å². The fraction of sp³-hybridized carbons (Fsp3) is 0.368. The summed E-state index contributed by atoms with van der Waals surface area (Å²) in [4.78, 5) is 49.7. The van der Waals surface area contributed by atoms with E-state index in [4.69, 9.17) is 37.8 Å². The summed E-state index contributed by atoms with van der Waals surface area (Å²) in [5, 5.41) is 10.3. The molecule has 0 radical (unpaired) electrons. The lowest BCUT2D eigenvalue weighted by molar-refractivity contribution is -0.122. The van der Waals surface area contributed by atoms with Crippen molar-refractivity contribution < 1.29 is 23.4 Å². The van der Waals surface area contributed by atoms with Crippen LogP contribution in [0.15, 0.2) is 68.2 Å². The number of methoxy groups -OCH3 is 1. The molecule has 3 heterocycles. The molecule has 2 N–H and O–H groups in total. The largest absolute Gasteiger partial charge is 0.484 e. The van der Waals surface area contributed by atoms with Crippen LogP contribution < -0.4 is 16.6 Å². The molecule has 1 saturated carbocycles. The first-order chi connectivity index (χ1) is 25.8. The number of hydrogen-bond donors (Lipinski definition) is 2. The van der Waals surface area contributed by atoms with Gasteiger partial charge in [0.05, 0.1) is 40.3 Å². The Balaban J connectivity index is 0.00000124. The van der Waals surface area contributed by atoms with Gasteiger partial charge in [0, 0.05) is 63.6 Å². The standard InChI is InChI=1S/C35H35Cl2F2N7O3.C2H6.CH2O2/c1-18-23-16-46(17-24(18)23)13-12-40-15-27(41-19(2)49-5)22-10-6-8-20(30(22)36)21-9-7-11-25(31(21)37)42-33-29-28(14-26(43-33)32(38)39)44(3)35(48)45(4)34(29)47;1-2;2-1-3/h6-12,14-15,18,23-24,32H,13,16-17H2,1-5H3,(H,42,43);1-2H3;1H,(H,2,3)/b27-15-,40-12?,41-19?;;. The fourth-order valence-corrected chi connectivity index (χ4v) is 7.03. The van der Waals surface area contributed by atoms with Crippen LogP contribution in [-0.2, 0) is 23.6 Å². The zero-order valence-corrected chi connectivity index (χ0v) is 32.5. The average molecular weight is 787 g/mol. The maximum Gasteiger partial charge on any atom is 0.330 e. The number of aromatic nitrogens is 3. The Morgan fingerprint density at radius 2 is 1.69 bits per heavy atom. The Morgan fingerprint density at radius 1 is 1.07 bits per heavy atom. The van der Waals surface area contributed by atoms with Gasteiger partial charge in [-0.3, -0.25) is 28.6 Å². The Bertz CT molecular complexity index is 2210. The van der Waals surface area contributed by atoms with Crippen molar-refractivity contribution in [3.8, 4) is 11.1 Å². The number of carbonyl (C=O) groups is 1. The van der Waals surface area contributed by atoms with Crippen LogP contribution in [0.25, 0.3) is 27.7 Å². The van der Waals surface area contributed by atoms with Gasteiger partial charge in [-0.2, -0.15) is 0 Å². The van der Waals surface area contributed by atoms with Crippen molar-refractivity contribution in [2.45, 2.75) is 34.1 Å². The number of nitrogens with one attached hydrogen (secondary N) is 1. The van der Waals surface area contributed by atoms with E-state index in [0.29, 0.717) is 33.3 Å². The second kappa shape index (κ2) is 18.4. The van der Waals surface area contributed by atoms with E-state index in [-0.39, 0.29) is 33.9 Å². The van der Waals surface area contributed by atoms with E-state index in [9.17, 15) is 18.4 Å². The number of fused-ring (bicyclic) bond motifs is 2. The minimum absolute atomic E-state index is 0.00411. The van der Waals surface area contributed by atoms with Gasteiger partial charge in [-0.15, -0.1) is 0 Å². The van der Waals surface area contributed by atoms with Gasteiger partial charge < -0.3 is 15.2 Å². The number of aryl methyl sites for hydroxylation is 1. The molecule has 6 rings (SSSR count). The molecular formula is C38H43Cl2F2N7O5. The number of anilines is 2. The van der Waals surface area contributed by atoms with Crippen molar-refractivity contribution in [2.24, 2.45) is 41.8 Å². The summed E-state index contributed by atoms with van der Waals surface area (Å²) in [5.41, 5.74) is 0.460. The van der Waals surface area contributed by atoms with Crippen LogP contribution in [0.3, 0.4) is 0 Å². The smallest absolute Gasteiger partial charge is 0.330 e. The molecule has 2 atom stereocenters. The SMILES string of the molecule is CC.COC(C)=N/C(=C\N=CCN1CC2C(C)C2C1)c1cccc(-c2cccc(Nc3nc(C(F)F)cc4c3c(=O)n(C)c(=O)n4C)c2Cl)c1Cl.O=CO. The van der Waals surface area contributed by atoms with E-state index in [1.54, 1.807) is 37.4 Å². The van der Waals surface area contributed by atoms with Crippen LogP contribution >= 0.6 is 23.2 Å².